The molecule has 0 aromatic carbocycles. The number of nitrogens with zero attached hydrogens (tertiary/aromatic N) is 5. The van der Waals surface area contributed by atoms with Gasteiger partial charge in [-0.15, -0.1) is 0 Å². The highest BCUT2D eigenvalue weighted by atomic mass is 16.6. The van der Waals surface area contributed by atoms with E-state index < -0.39 is 4.92 Å². The van der Waals surface area contributed by atoms with Crippen molar-refractivity contribution in [2.75, 3.05) is 7.05 Å². The van der Waals surface area contributed by atoms with Gasteiger partial charge in [0.05, 0.1) is 13.6 Å². The maximum atomic E-state index is 12.1. The van der Waals surface area contributed by atoms with Crippen molar-refractivity contribution in [1.82, 2.24) is 24.6 Å². The number of carbonyl (C=O) groups excluding carboxylic acids is 1. The smallest absolute Gasteiger partial charge is 0.323 e. The lowest BCUT2D eigenvalue weighted by Gasteiger charge is -2.14. The van der Waals surface area contributed by atoms with Crippen molar-refractivity contribution in [3.8, 4) is 0 Å². The summed E-state index contributed by atoms with van der Waals surface area (Å²) in [6.45, 7) is 0.248. The summed E-state index contributed by atoms with van der Waals surface area (Å²) in [6, 6.07) is 2.73. The number of nitrogens with one attached hydrogen (secondary N) is 1. The molecule has 2 rings (SSSR count). The molecule has 0 fully saturated rings. The first-order valence-corrected chi connectivity index (χ1v) is 5.40. The number of aromatic nitrogens is 4. The van der Waals surface area contributed by atoms with Gasteiger partial charge < -0.3 is 15.0 Å². The standard InChI is InChI=1S/C10H12N6O3/c1-14(5-8-11-6-12-13-8)10(17)7-3-4-9(15(7)2)16(18)19/h3-4,6H,5H2,1-2H3,(H,11,12,13). The fraction of sp³-hybridized carbons (Fsp3) is 0.300. The summed E-state index contributed by atoms with van der Waals surface area (Å²) in [4.78, 5) is 27.6. The Morgan fingerprint density at radius 1 is 1.58 bits per heavy atom. The monoisotopic (exact) mass is 264 g/mol. The third kappa shape index (κ3) is 2.44. The zero-order valence-corrected chi connectivity index (χ0v) is 10.4. The molecule has 0 aliphatic heterocycles. The summed E-state index contributed by atoms with van der Waals surface area (Å²) in [5.74, 6) is 0.0861. The topological polar surface area (TPSA) is 110 Å². The lowest BCUT2D eigenvalue weighted by Crippen LogP contribution is -2.28. The van der Waals surface area contributed by atoms with E-state index in [2.05, 4.69) is 15.2 Å². The van der Waals surface area contributed by atoms with Crippen LogP contribution in [-0.4, -0.2) is 42.5 Å². The predicted octanol–water partition coefficient (Wildman–Crippen LogP) is 0.324. The minimum absolute atomic E-state index is 0.128. The van der Waals surface area contributed by atoms with Gasteiger partial charge in [0.1, 0.15) is 12.2 Å². The first kappa shape index (κ1) is 12.7. The minimum Gasteiger partial charge on any atom is -0.358 e. The third-order valence-electron chi connectivity index (χ3n) is 2.70. The van der Waals surface area contributed by atoms with Crippen LogP contribution >= 0.6 is 0 Å². The number of nitro groups is 1. The number of aromatic amines is 1. The Kier molecular flexibility index (Phi) is 3.27. The average molecular weight is 264 g/mol. The molecule has 2 aromatic rings. The van der Waals surface area contributed by atoms with E-state index >= 15 is 0 Å². The molecule has 0 aliphatic carbocycles. The quantitative estimate of drug-likeness (QED) is 0.631. The van der Waals surface area contributed by atoms with Crippen molar-refractivity contribution in [3.63, 3.8) is 0 Å². The Bertz CT molecular complexity index is 603. The van der Waals surface area contributed by atoms with Crippen LogP contribution in [0.1, 0.15) is 16.3 Å². The zero-order chi connectivity index (χ0) is 14.0. The Labute approximate surface area is 108 Å². The SMILES string of the molecule is CN(Cc1ncn[nH]1)C(=O)c1ccc([N+](=O)[O-])n1C. The van der Waals surface area contributed by atoms with Crippen LogP contribution in [0.3, 0.4) is 0 Å². The maximum Gasteiger partial charge on any atom is 0.323 e. The molecule has 1 amide bonds. The average Bonchev–Trinajstić information content (AvgIpc) is 2.97. The van der Waals surface area contributed by atoms with Gasteiger partial charge in [-0.25, -0.2) is 9.55 Å². The van der Waals surface area contributed by atoms with Gasteiger partial charge in [-0.3, -0.25) is 9.89 Å². The van der Waals surface area contributed by atoms with Gasteiger partial charge in [-0.1, -0.05) is 0 Å². The molecule has 0 bridgehead atoms. The van der Waals surface area contributed by atoms with Crippen LogP contribution < -0.4 is 0 Å². The molecule has 0 radical (unpaired) electrons. The molecule has 0 unspecified atom stereocenters. The van der Waals surface area contributed by atoms with E-state index in [9.17, 15) is 14.9 Å². The molecule has 100 valence electrons. The summed E-state index contributed by atoms with van der Waals surface area (Å²) in [7, 11) is 3.07. The van der Waals surface area contributed by atoms with Crippen LogP contribution in [0.5, 0.6) is 0 Å². The summed E-state index contributed by atoms with van der Waals surface area (Å²) in [6.07, 6.45) is 1.35. The molecule has 2 heterocycles. The van der Waals surface area contributed by atoms with E-state index in [-0.39, 0.29) is 24.0 Å². The predicted molar refractivity (Wildman–Crippen MR) is 64.2 cm³/mol. The second-order valence-corrected chi connectivity index (χ2v) is 3.99. The minimum atomic E-state index is -0.534. The Morgan fingerprint density at radius 3 is 2.84 bits per heavy atom. The van der Waals surface area contributed by atoms with Crippen molar-refractivity contribution >= 4 is 11.7 Å². The first-order valence-electron chi connectivity index (χ1n) is 5.40. The van der Waals surface area contributed by atoms with Crippen molar-refractivity contribution in [2.24, 2.45) is 7.05 Å². The van der Waals surface area contributed by atoms with Gasteiger partial charge in [0.2, 0.25) is 0 Å². The number of amides is 1. The molecule has 0 aliphatic rings. The number of rotatable bonds is 4. The van der Waals surface area contributed by atoms with Crippen LogP contribution in [0.2, 0.25) is 0 Å². The highest BCUT2D eigenvalue weighted by molar-refractivity contribution is 5.93. The van der Waals surface area contributed by atoms with Crippen molar-refractivity contribution in [1.29, 1.82) is 0 Å². The van der Waals surface area contributed by atoms with Crippen LogP contribution in [0.4, 0.5) is 5.82 Å². The van der Waals surface area contributed by atoms with Crippen molar-refractivity contribution in [2.45, 2.75) is 6.54 Å². The van der Waals surface area contributed by atoms with Gasteiger partial charge in [0.25, 0.3) is 5.91 Å². The highest BCUT2D eigenvalue weighted by Crippen LogP contribution is 2.16. The van der Waals surface area contributed by atoms with E-state index in [1.807, 2.05) is 0 Å². The van der Waals surface area contributed by atoms with Gasteiger partial charge in [0.15, 0.2) is 5.69 Å². The number of hydrogen-bond acceptors (Lipinski definition) is 5. The maximum absolute atomic E-state index is 12.1. The van der Waals surface area contributed by atoms with E-state index in [1.54, 1.807) is 7.05 Å². The van der Waals surface area contributed by atoms with E-state index in [4.69, 9.17) is 0 Å². The molecule has 19 heavy (non-hydrogen) atoms. The Morgan fingerprint density at radius 2 is 2.32 bits per heavy atom. The summed E-state index contributed by atoms with van der Waals surface area (Å²) in [5.41, 5.74) is 0.244. The normalized spacial score (nSPS) is 10.4. The lowest BCUT2D eigenvalue weighted by atomic mass is 10.3. The molecule has 9 heteroatoms. The molecule has 0 saturated heterocycles. The van der Waals surface area contributed by atoms with Gasteiger partial charge in [0, 0.05) is 13.1 Å². The molecule has 2 aromatic heterocycles. The van der Waals surface area contributed by atoms with E-state index in [1.165, 1.54) is 35.0 Å². The van der Waals surface area contributed by atoms with Crippen molar-refractivity contribution in [3.05, 3.63) is 40.1 Å². The van der Waals surface area contributed by atoms with Crippen LogP contribution in [0.25, 0.3) is 0 Å². The van der Waals surface area contributed by atoms with Crippen molar-refractivity contribution < 1.29 is 9.72 Å². The molecule has 9 nitrogen and oxygen atoms in total. The third-order valence-corrected chi connectivity index (χ3v) is 2.70. The molecule has 1 N–H and O–H groups in total. The fourth-order valence-electron chi connectivity index (χ4n) is 1.70. The Balaban J connectivity index is 2.17. The van der Waals surface area contributed by atoms with Gasteiger partial charge >= 0.3 is 5.82 Å². The molecule has 0 saturated carbocycles. The van der Waals surface area contributed by atoms with Crippen LogP contribution in [0.15, 0.2) is 18.5 Å². The second kappa shape index (κ2) is 4.88. The molecular formula is C10H12N6O3. The second-order valence-electron chi connectivity index (χ2n) is 3.99. The lowest BCUT2D eigenvalue weighted by molar-refractivity contribution is -0.391. The van der Waals surface area contributed by atoms with Gasteiger partial charge in [-0.05, 0) is 11.0 Å². The number of H-pyrrole nitrogens is 1. The fourth-order valence-corrected chi connectivity index (χ4v) is 1.70. The number of carbonyl (C=O) groups is 1. The molecular weight excluding hydrogens is 252 g/mol. The summed E-state index contributed by atoms with van der Waals surface area (Å²) in [5, 5.41) is 17.0. The zero-order valence-electron chi connectivity index (χ0n) is 10.4. The highest BCUT2D eigenvalue weighted by Gasteiger charge is 2.23. The number of hydrogen-bond donors (Lipinski definition) is 1. The first-order chi connectivity index (χ1) is 9.00. The molecule has 0 atom stereocenters. The van der Waals surface area contributed by atoms with E-state index in [0.717, 1.165) is 0 Å². The van der Waals surface area contributed by atoms with E-state index in [0.29, 0.717) is 5.82 Å². The summed E-state index contributed by atoms with van der Waals surface area (Å²) >= 11 is 0. The largest absolute Gasteiger partial charge is 0.358 e. The van der Waals surface area contributed by atoms with Gasteiger partial charge in [-0.2, -0.15) is 5.10 Å². The summed E-state index contributed by atoms with van der Waals surface area (Å²) < 4.78 is 1.25. The van der Waals surface area contributed by atoms with Crippen LogP contribution in [-0.2, 0) is 13.6 Å². The molecule has 0 spiro atoms. The Hall–Kier alpha value is -2.71. The van der Waals surface area contributed by atoms with Crippen LogP contribution in [0, 0.1) is 10.1 Å².